The molecule has 1 heterocycles. The fourth-order valence-corrected chi connectivity index (χ4v) is 2.59. The van der Waals surface area contributed by atoms with E-state index < -0.39 is 0 Å². The van der Waals surface area contributed by atoms with E-state index in [2.05, 4.69) is 43.1 Å². The summed E-state index contributed by atoms with van der Waals surface area (Å²) in [5.74, 6) is 0.695. The maximum atomic E-state index is 5.81. The topological polar surface area (TPSA) is 12.9 Å². The van der Waals surface area contributed by atoms with E-state index in [1.165, 1.54) is 5.56 Å². The van der Waals surface area contributed by atoms with Crippen molar-refractivity contribution in [2.24, 2.45) is 5.92 Å². The van der Waals surface area contributed by atoms with Gasteiger partial charge in [0.25, 0.3) is 0 Å². The van der Waals surface area contributed by atoms with Gasteiger partial charge in [-0.1, -0.05) is 49.7 Å². The molecule has 0 atom stereocenters. The van der Waals surface area contributed by atoms with Crippen molar-refractivity contribution in [2.45, 2.75) is 20.3 Å². The van der Waals surface area contributed by atoms with E-state index in [1.54, 1.807) is 11.3 Å². The summed E-state index contributed by atoms with van der Waals surface area (Å²) in [6.45, 7) is 4.46. The van der Waals surface area contributed by atoms with Crippen LogP contribution in [0.25, 0.3) is 10.6 Å². The normalized spacial score (nSPS) is 11.0. The third-order valence-corrected chi connectivity index (χ3v) is 3.54. The second kappa shape index (κ2) is 4.98. The Morgan fingerprint density at radius 1 is 1.25 bits per heavy atom. The first-order chi connectivity index (χ1) is 7.65. The second-order valence-electron chi connectivity index (χ2n) is 4.27. The molecule has 0 saturated heterocycles. The van der Waals surface area contributed by atoms with Gasteiger partial charge in [-0.15, -0.1) is 11.3 Å². The molecule has 0 fully saturated rings. The van der Waals surface area contributed by atoms with Crippen molar-refractivity contribution >= 4 is 22.9 Å². The van der Waals surface area contributed by atoms with Gasteiger partial charge in [-0.25, -0.2) is 4.98 Å². The van der Waals surface area contributed by atoms with E-state index in [1.807, 2.05) is 5.38 Å². The number of benzene rings is 1. The lowest BCUT2D eigenvalue weighted by molar-refractivity contribution is 0.647. The van der Waals surface area contributed by atoms with Gasteiger partial charge in [0, 0.05) is 10.9 Å². The summed E-state index contributed by atoms with van der Waals surface area (Å²) in [6, 6.07) is 8.58. The highest BCUT2D eigenvalue weighted by Gasteiger charge is 2.03. The number of rotatable bonds is 3. The van der Waals surface area contributed by atoms with Crippen LogP contribution in [-0.4, -0.2) is 4.98 Å². The summed E-state index contributed by atoms with van der Waals surface area (Å²) in [4.78, 5) is 4.26. The van der Waals surface area contributed by atoms with Crippen molar-refractivity contribution in [1.82, 2.24) is 4.98 Å². The lowest BCUT2D eigenvalue weighted by Crippen LogP contribution is -1.93. The van der Waals surface area contributed by atoms with Crippen LogP contribution in [0.5, 0.6) is 0 Å². The number of halogens is 1. The zero-order valence-electron chi connectivity index (χ0n) is 9.40. The molecule has 0 bridgehead atoms. The summed E-state index contributed by atoms with van der Waals surface area (Å²) in [6.07, 6.45) is 1.12. The zero-order chi connectivity index (χ0) is 11.5. The third kappa shape index (κ3) is 2.83. The smallest absolute Gasteiger partial charge is 0.140 e. The fraction of sp³-hybridized carbons (Fsp3) is 0.308. The van der Waals surface area contributed by atoms with Gasteiger partial charge in [-0.05, 0) is 17.9 Å². The number of aromatic nitrogens is 1. The molecular formula is C13H14ClNS. The molecule has 0 N–H and O–H groups in total. The molecule has 2 rings (SSSR count). The average Bonchev–Trinajstić information content (AvgIpc) is 2.65. The predicted molar refractivity (Wildman–Crippen MR) is 71.1 cm³/mol. The zero-order valence-corrected chi connectivity index (χ0v) is 11.0. The van der Waals surface area contributed by atoms with Crippen molar-refractivity contribution in [3.63, 3.8) is 0 Å². The standard InChI is InChI=1S/C13H14ClNS/c1-9(2)7-10-3-5-11(6-4-10)13-15-12(14)8-16-13/h3-6,8-9H,7H2,1-2H3. The quantitative estimate of drug-likeness (QED) is 0.773. The van der Waals surface area contributed by atoms with E-state index in [4.69, 9.17) is 11.6 Å². The summed E-state index contributed by atoms with van der Waals surface area (Å²) in [7, 11) is 0. The summed E-state index contributed by atoms with van der Waals surface area (Å²) >= 11 is 7.39. The lowest BCUT2D eigenvalue weighted by atomic mass is 10.0. The SMILES string of the molecule is CC(C)Cc1ccc(-c2nc(Cl)cs2)cc1. The molecule has 2 aromatic rings. The first-order valence-corrected chi connectivity index (χ1v) is 6.61. The Balaban J connectivity index is 2.19. The molecule has 3 heteroatoms. The number of nitrogens with zero attached hydrogens (tertiary/aromatic N) is 1. The molecule has 0 spiro atoms. The van der Waals surface area contributed by atoms with Gasteiger partial charge in [0.1, 0.15) is 10.2 Å². The van der Waals surface area contributed by atoms with Gasteiger partial charge < -0.3 is 0 Å². The van der Waals surface area contributed by atoms with Gasteiger partial charge in [0.15, 0.2) is 0 Å². The van der Waals surface area contributed by atoms with Crippen molar-refractivity contribution in [3.05, 3.63) is 40.4 Å². The van der Waals surface area contributed by atoms with E-state index >= 15 is 0 Å². The summed E-state index contributed by atoms with van der Waals surface area (Å²) in [5.41, 5.74) is 2.52. The Morgan fingerprint density at radius 3 is 2.44 bits per heavy atom. The molecule has 16 heavy (non-hydrogen) atoms. The largest absolute Gasteiger partial charge is 0.224 e. The van der Waals surface area contributed by atoms with Crippen molar-refractivity contribution in [3.8, 4) is 10.6 Å². The summed E-state index contributed by atoms with van der Waals surface area (Å²) in [5, 5.41) is 3.42. The molecule has 0 aliphatic rings. The van der Waals surface area contributed by atoms with Gasteiger partial charge >= 0.3 is 0 Å². The van der Waals surface area contributed by atoms with Crippen LogP contribution in [0.4, 0.5) is 0 Å². The Hall–Kier alpha value is -0.860. The first-order valence-electron chi connectivity index (χ1n) is 5.35. The van der Waals surface area contributed by atoms with Gasteiger partial charge in [-0.2, -0.15) is 0 Å². The van der Waals surface area contributed by atoms with Crippen LogP contribution in [-0.2, 0) is 6.42 Å². The van der Waals surface area contributed by atoms with Crippen molar-refractivity contribution in [1.29, 1.82) is 0 Å². The Bertz CT molecular complexity index is 459. The second-order valence-corrected chi connectivity index (χ2v) is 5.52. The maximum absolute atomic E-state index is 5.81. The molecule has 0 saturated carbocycles. The Morgan fingerprint density at radius 2 is 1.94 bits per heavy atom. The van der Waals surface area contributed by atoms with E-state index in [9.17, 15) is 0 Å². The van der Waals surface area contributed by atoms with Gasteiger partial charge in [-0.3, -0.25) is 0 Å². The van der Waals surface area contributed by atoms with Crippen molar-refractivity contribution in [2.75, 3.05) is 0 Å². The average molecular weight is 252 g/mol. The fourth-order valence-electron chi connectivity index (χ4n) is 1.64. The minimum atomic E-state index is 0.575. The van der Waals surface area contributed by atoms with E-state index in [0.29, 0.717) is 11.1 Å². The minimum Gasteiger partial charge on any atom is -0.224 e. The number of thiazole rings is 1. The van der Waals surface area contributed by atoms with E-state index in [0.717, 1.165) is 17.0 Å². The first kappa shape index (κ1) is 11.6. The molecule has 0 amide bonds. The molecule has 0 radical (unpaired) electrons. The van der Waals surface area contributed by atoms with E-state index in [-0.39, 0.29) is 0 Å². The van der Waals surface area contributed by atoms with Gasteiger partial charge in [0.2, 0.25) is 0 Å². The van der Waals surface area contributed by atoms with Crippen LogP contribution in [0.3, 0.4) is 0 Å². The highest BCUT2D eigenvalue weighted by Crippen LogP contribution is 2.26. The molecular weight excluding hydrogens is 238 g/mol. The van der Waals surface area contributed by atoms with Crippen molar-refractivity contribution < 1.29 is 0 Å². The van der Waals surface area contributed by atoms with Crippen LogP contribution < -0.4 is 0 Å². The predicted octanol–water partition coefficient (Wildman–Crippen LogP) is 4.66. The molecule has 0 aliphatic carbocycles. The molecule has 0 unspecified atom stereocenters. The van der Waals surface area contributed by atoms with Crippen LogP contribution in [0.2, 0.25) is 5.15 Å². The number of hydrogen-bond donors (Lipinski definition) is 0. The molecule has 1 aromatic heterocycles. The lowest BCUT2D eigenvalue weighted by Gasteiger charge is -2.05. The highest BCUT2D eigenvalue weighted by molar-refractivity contribution is 7.13. The Labute approximate surface area is 105 Å². The van der Waals surface area contributed by atoms with Crippen LogP contribution in [0.15, 0.2) is 29.6 Å². The van der Waals surface area contributed by atoms with Crippen LogP contribution in [0.1, 0.15) is 19.4 Å². The third-order valence-electron chi connectivity index (χ3n) is 2.32. The van der Waals surface area contributed by atoms with Gasteiger partial charge in [0.05, 0.1) is 0 Å². The molecule has 1 nitrogen and oxygen atoms in total. The van der Waals surface area contributed by atoms with Crippen LogP contribution >= 0.6 is 22.9 Å². The minimum absolute atomic E-state index is 0.575. The Kier molecular flexibility index (Phi) is 3.62. The monoisotopic (exact) mass is 251 g/mol. The summed E-state index contributed by atoms with van der Waals surface area (Å²) < 4.78 is 0. The number of hydrogen-bond acceptors (Lipinski definition) is 2. The van der Waals surface area contributed by atoms with Crippen LogP contribution in [0, 0.1) is 5.92 Å². The molecule has 84 valence electrons. The maximum Gasteiger partial charge on any atom is 0.140 e. The molecule has 1 aromatic carbocycles. The molecule has 0 aliphatic heterocycles. The highest BCUT2D eigenvalue weighted by atomic mass is 35.5.